The lowest BCUT2D eigenvalue weighted by atomic mass is 9.97. The number of methoxy groups -OCH3 is 4. The Morgan fingerprint density at radius 1 is 0.338 bits per heavy atom. The first-order valence-corrected chi connectivity index (χ1v) is 25.3. The van der Waals surface area contributed by atoms with E-state index < -0.39 is 22.4 Å². The SMILES string of the molecule is COC(C)(C)Cc1c2nc(c(C#Cc3c4nc(c(CC(C)(C)OC)c5ccc(cc6ccc([nH]6)c(CC(C)(C)OC)c6nc3C=C6)[nH]5)C=C4)c3nc(c(CC(C)(C)OC)c4ccc(cc5ccc1[nH]5)[nH]4)C=C3)C=C2. The molecule has 0 atom stereocenters. The number of ether oxygens (including phenoxy) is 4. The van der Waals surface area contributed by atoms with Gasteiger partial charge in [-0.05, 0) is 165 Å². The van der Waals surface area contributed by atoms with Crippen LogP contribution in [0.15, 0.2) is 60.7 Å². The number of nitrogens with one attached hydrogen (secondary N) is 4. The van der Waals surface area contributed by atoms with E-state index in [1.165, 1.54) is 0 Å². The fourth-order valence-corrected chi connectivity index (χ4v) is 9.63. The fraction of sp³-hybridized carbons (Fsp3) is 0.323. The maximum absolute atomic E-state index is 6.02. The molecule has 4 aliphatic heterocycles. The minimum absolute atomic E-state index is 0.481. The molecule has 0 unspecified atom stereocenters. The zero-order valence-electron chi connectivity index (χ0n) is 44.6. The highest BCUT2D eigenvalue weighted by atomic mass is 16.5. The van der Waals surface area contributed by atoms with Gasteiger partial charge in [0.15, 0.2) is 0 Å². The normalized spacial score (nSPS) is 13.5. The number of hydrogen-bond acceptors (Lipinski definition) is 8. The van der Waals surface area contributed by atoms with E-state index >= 15 is 0 Å². The second-order valence-electron chi connectivity index (χ2n) is 21.9. The molecule has 10 heterocycles. The summed E-state index contributed by atoms with van der Waals surface area (Å²) in [4.78, 5) is 36.4. The van der Waals surface area contributed by atoms with Crippen LogP contribution < -0.4 is 0 Å². The standard InChI is InChI=1S/C62H66N8O4/c1-59(2,71-9)33-43-51-19-13-37(63-51)31-38-14-20-52(64-38)44(34-60(3,4)72-10)56-28-24-48(68-56)41(47-23-27-55(43)67-47)17-18-42-49-25-29-57(69-49)45(35-61(5,6)73-11)53-21-15-39(65-53)32-40-16-22-54(66-40)46(36-62(7,8)74-12)58-30-26-50(42)70-58/h13-16,19-32,63-66H,33-36H2,1-12H3. The quantitative estimate of drug-likeness (QED) is 0.0883. The van der Waals surface area contributed by atoms with Gasteiger partial charge >= 0.3 is 0 Å². The molecule has 0 aromatic carbocycles. The third-order valence-electron chi connectivity index (χ3n) is 14.5. The molecule has 0 amide bonds. The summed E-state index contributed by atoms with van der Waals surface area (Å²) < 4.78 is 24.1. The van der Waals surface area contributed by atoms with Crippen LogP contribution in [0.25, 0.3) is 92.7 Å². The Hall–Kier alpha value is -7.40. The van der Waals surface area contributed by atoms with Crippen molar-refractivity contribution in [1.29, 1.82) is 0 Å². The molecule has 12 heteroatoms. The minimum atomic E-state index is -0.481. The molecule has 4 aliphatic rings. The van der Waals surface area contributed by atoms with Gasteiger partial charge in [-0.2, -0.15) is 0 Å². The van der Waals surface area contributed by atoms with Gasteiger partial charge in [0.1, 0.15) is 0 Å². The van der Waals surface area contributed by atoms with Crippen molar-refractivity contribution in [2.45, 2.75) is 103 Å². The lowest BCUT2D eigenvalue weighted by Gasteiger charge is -2.23. The van der Waals surface area contributed by atoms with Crippen LogP contribution in [0, 0.1) is 11.8 Å². The van der Waals surface area contributed by atoms with Gasteiger partial charge in [-0.3, -0.25) is 0 Å². The zero-order chi connectivity index (χ0) is 52.2. The zero-order valence-corrected chi connectivity index (χ0v) is 44.6. The molecule has 0 fully saturated rings. The Balaban J connectivity index is 1.31. The third-order valence-corrected chi connectivity index (χ3v) is 14.5. The highest BCUT2D eigenvalue weighted by molar-refractivity contribution is 5.87. The van der Waals surface area contributed by atoms with Crippen molar-refractivity contribution in [3.05, 3.63) is 140 Å². The van der Waals surface area contributed by atoms with Crippen molar-refractivity contribution in [2.24, 2.45) is 0 Å². The molecule has 4 N–H and O–H groups in total. The number of hydrogen-bond donors (Lipinski definition) is 4. The monoisotopic (exact) mass is 987 g/mol. The summed E-state index contributed by atoms with van der Waals surface area (Å²) in [5.41, 5.74) is 17.1. The predicted octanol–water partition coefficient (Wildman–Crippen LogP) is 12.9. The van der Waals surface area contributed by atoms with Gasteiger partial charge in [-0.1, -0.05) is 11.8 Å². The molecular formula is C62H66N8O4. The van der Waals surface area contributed by atoms with Crippen molar-refractivity contribution in [3.63, 3.8) is 0 Å². The van der Waals surface area contributed by atoms with Crippen LogP contribution in [-0.2, 0) is 44.6 Å². The molecule has 12 nitrogen and oxygen atoms in total. The van der Waals surface area contributed by atoms with Crippen LogP contribution in [-0.4, -0.2) is 90.7 Å². The van der Waals surface area contributed by atoms with Gasteiger partial charge in [-0.25, -0.2) is 19.9 Å². The predicted molar refractivity (Wildman–Crippen MR) is 303 cm³/mol. The second kappa shape index (κ2) is 19.5. The van der Waals surface area contributed by atoms with E-state index in [1.54, 1.807) is 28.4 Å². The molecule has 10 rings (SSSR count). The largest absolute Gasteiger partial charge is 0.378 e. The molecule has 0 saturated carbocycles. The molecule has 16 bridgehead atoms. The van der Waals surface area contributed by atoms with Crippen LogP contribution in [0.5, 0.6) is 0 Å². The van der Waals surface area contributed by atoms with Crippen LogP contribution in [0.1, 0.15) is 134 Å². The highest BCUT2D eigenvalue weighted by Crippen LogP contribution is 2.33. The number of rotatable bonds is 12. The summed E-state index contributed by atoms with van der Waals surface area (Å²) in [6.07, 6.45) is 18.9. The van der Waals surface area contributed by atoms with E-state index in [0.717, 1.165) is 89.2 Å². The lowest BCUT2D eigenvalue weighted by Crippen LogP contribution is -2.26. The Labute approximate surface area is 433 Å². The summed E-state index contributed by atoms with van der Waals surface area (Å²) in [7, 11) is 7.00. The molecule has 0 spiro atoms. The molecule has 0 radical (unpaired) electrons. The number of aromatic nitrogens is 8. The van der Waals surface area contributed by atoms with Crippen LogP contribution in [0.4, 0.5) is 0 Å². The Morgan fingerprint density at radius 3 is 0.770 bits per heavy atom. The maximum Gasteiger partial charge on any atom is 0.0816 e. The minimum Gasteiger partial charge on any atom is -0.378 e. The Morgan fingerprint density at radius 2 is 0.554 bits per heavy atom. The van der Waals surface area contributed by atoms with Crippen LogP contribution >= 0.6 is 0 Å². The smallest absolute Gasteiger partial charge is 0.0816 e. The van der Waals surface area contributed by atoms with Crippen molar-refractivity contribution >= 4 is 92.7 Å². The molecule has 0 saturated heterocycles. The Bertz CT molecular complexity index is 3290. The Kier molecular flexibility index (Phi) is 13.2. The van der Waals surface area contributed by atoms with Crippen molar-refractivity contribution < 1.29 is 18.9 Å². The van der Waals surface area contributed by atoms with E-state index in [2.05, 4.69) is 172 Å². The van der Waals surface area contributed by atoms with Crippen molar-refractivity contribution in [2.75, 3.05) is 28.4 Å². The van der Waals surface area contributed by atoms with E-state index in [0.29, 0.717) is 59.6 Å². The average Bonchev–Trinajstić information content (AvgIpc) is 4.22. The summed E-state index contributed by atoms with van der Waals surface area (Å²) >= 11 is 0. The number of H-pyrrole nitrogens is 4. The third kappa shape index (κ3) is 10.5. The summed E-state index contributed by atoms with van der Waals surface area (Å²) in [5, 5.41) is 0. The van der Waals surface area contributed by atoms with E-state index in [9.17, 15) is 0 Å². The maximum atomic E-state index is 6.02. The lowest BCUT2D eigenvalue weighted by molar-refractivity contribution is 0.0230. The van der Waals surface area contributed by atoms with Gasteiger partial charge in [-0.15, -0.1) is 0 Å². The van der Waals surface area contributed by atoms with E-state index in [-0.39, 0.29) is 0 Å². The topological polar surface area (TPSA) is 152 Å². The summed E-state index contributed by atoms with van der Waals surface area (Å²) in [6.45, 7) is 16.8. The molecule has 74 heavy (non-hydrogen) atoms. The van der Waals surface area contributed by atoms with Crippen molar-refractivity contribution in [3.8, 4) is 11.8 Å². The number of fused-ring (bicyclic) bond motifs is 16. The summed E-state index contributed by atoms with van der Waals surface area (Å²) in [5.74, 6) is 7.34. The van der Waals surface area contributed by atoms with E-state index in [1.807, 2.05) is 24.3 Å². The van der Waals surface area contributed by atoms with Gasteiger partial charge in [0.05, 0.1) is 79.1 Å². The number of aromatic amines is 4. The molecular weight excluding hydrogens is 921 g/mol. The van der Waals surface area contributed by atoms with Crippen LogP contribution in [0.2, 0.25) is 0 Å². The first-order valence-electron chi connectivity index (χ1n) is 25.3. The van der Waals surface area contributed by atoms with Gasteiger partial charge in [0.25, 0.3) is 0 Å². The highest BCUT2D eigenvalue weighted by Gasteiger charge is 2.27. The van der Waals surface area contributed by atoms with Gasteiger partial charge in [0, 0.05) is 121 Å². The molecule has 0 aliphatic carbocycles. The average molecular weight is 987 g/mol. The first kappa shape index (κ1) is 50.1. The molecule has 378 valence electrons. The molecule has 6 aromatic heterocycles. The van der Waals surface area contributed by atoms with Gasteiger partial charge < -0.3 is 38.9 Å². The van der Waals surface area contributed by atoms with E-state index in [4.69, 9.17) is 38.9 Å². The number of nitrogens with zero attached hydrogens (tertiary/aromatic N) is 4. The fourth-order valence-electron chi connectivity index (χ4n) is 9.63. The van der Waals surface area contributed by atoms with Crippen molar-refractivity contribution in [1.82, 2.24) is 39.9 Å². The first-order chi connectivity index (χ1) is 35.3. The van der Waals surface area contributed by atoms with Crippen LogP contribution in [0.3, 0.4) is 0 Å². The summed E-state index contributed by atoms with van der Waals surface area (Å²) in [6, 6.07) is 21.1. The van der Waals surface area contributed by atoms with Gasteiger partial charge in [0.2, 0.25) is 0 Å². The second-order valence-corrected chi connectivity index (χ2v) is 21.9. The molecule has 6 aromatic rings.